The van der Waals surface area contributed by atoms with Gasteiger partial charge >= 0.3 is 0 Å². The molecule has 0 radical (unpaired) electrons. The molecule has 0 atom stereocenters. The number of benzene rings is 2. The maximum Gasteiger partial charge on any atom is 0.290 e. The predicted octanol–water partition coefficient (Wildman–Crippen LogP) is 3.48. The van der Waals surface area contributed by atoms with Gasteiger partial charge in [0.15, 0.2) is 0 Å². The first-order valence-corrected chi connectivity index (χ1v) is 7.13. The van der Waals surface area contributed by atoms with Gasteiger partial charge in [-0.1, -0.05) is 64.5 Å². The van der Waals surface area contributed by atoms with Gasteiger partial charge in [-0.25, -0.2) is 0 Å². The largest absolute Gasteiger partial charge is 0.483 e. The molecule has 0 saturated heterocycles. The minimum Gasteiger partial charge on any atom is -0.483 e. The molecule has 0 aliphatic rings. The number of carbonyl (C=O) groups is 1. The van der Waals surface area contributed by atoms with E-state index in [-0.39, 0.29) is 6.47 Å². The van der Waals surface area contributed by atoms with Crippen molar-refractivity contribution in [3.63, 3.8) is 0 Å². The molecule has 0 heterocycles. The molecule has 0 aromatic heterocycles. The van der Waals surface area contributed by atoms with Crippen LogP contribution >= 0.6 is 15.9 Å². The molecule has 0 fully saturated rings. The van der Waals surface area contributed by atoms with Gasteiger partial charge in [0.2, 0.25) is 0 Å². The van der Waals surface area contributed by atoms with Gasteiger partial charge in [0, 0.05) is 11.0 Å². The molecule has 0 bridgehead atoms. The van der Waals surface area contributed by atoms with Crippen LogP contribution in [0.5, 0.6) is 0 Å². The number of hydrogen-bond acceptors (Lipinski definition) is 2. The highest BCUT2D eigenvalue weighted by Crippen LogP contribution is 2.15. The van der Waals surface area contributed by atoms with Crippen molar-refractivity contribution in [1.29, 1.82) is 0 Å². The Bertz CT molecular complexity index is 503. The third-order valence-corrected chi connectivity index (χ3v) is 3.47. The van der Waals surface area contributed by atoms with E-state index < -0.39 is 0 Å². The van der Waals surface area contributed by atoms with Crippen LogP contribution in [0, 0.1) is 0 Å². The Morgan fingerprint density at radius 2 is 1.65 bits per heavy atom. The maximum atomic E-state index is 8.36. The molecule has 0 spiro atoms. The van der Waals surface area contributed by atoms with Gasteiger partial charge < -0.3 is 10.4 Å². The second kappa shape index (κ2) is 10.2. The number of hydrogen-bond donors (Lipinski definition) is 2. The van der Waals surface area contributed by atoms with Gasteiger partial charge in [0.05, 0.1) is 0 Å². The first-order chi connectivity index (χ1) is 9.77. The molecule has 106 valence electrons. The average molecular weight is 336 g/mol. The first-order valence-electron chi connectivity index (χ1n) is 6.34. The minimum atomic E-state index is -0.250. The molecule has 0 aliphatic heterocycles. The van der Waals surface area contributed by atoms with Crippen molar-refractivity contribution in [2.45, 2.75) is 13.0 Å². The summed E-state index contributed by atoms with van der Waals surface area (Å²) in [5.41, 5.74) is 2.69. The summed E-state index contributed by atoms with van der Waals surface area (Å²) in [6.45, 7) is 1.68. The van der Waals surface area contributed by atoms with Gasteiger partial charge in [-0.05, 0) is 30.2 Å². The van der Waals surface area contributed by atoms with E-state index in [1.54, 1.807) is 0 Å². The summed E-state index contributed by atoms with van der Waals surface area (Å²) in [6, 6.07) is 18.9. The Labute approximate surface area is 127 Å². The van der Waals surface area contributed by atoms with E-state index in [1.165, 1.54) is 15.6 Å². The molecule has 0 saturated carbocycles. The fourth-order valence-electron chi connectivity index (χ4n) is 1.75. The van der Waals surface area contributed by atoms with Crippen molar-refractivity contribution in [1.82, 2.24) is 5.32 Å². The van der Waals surface area contributed by atoms with E-state index in [0.29, 0.717) is 0 Å². The second-order valence-electron chi connectivity index (χ2n) is 4.11. The lowest BCUT2D eigenvalue weighted by molar-refractivity contribution is -0.122. The molecule has 2 rings (SSSR count). The molecule has 2 aromatic carbocycles. The number of rotatable bonds is 5. The van der Waals surface area contributed by atoms with Crippen molar-refractivity contribution in [3.8, 4) is 0 Å². The van der Waals surface area contributed by atoms with E-state index >= 15 is 0 Å². The Hall–Kier alpha value is -1.65. The van der Waals surface area contributed by atoms with Gasteiger partial charge in [-0.2, -0.15) is 0 Å². The van der Waals surface area contributed by atoms with E-state index in [2.05, 4.69) is 63.7 Å². The molecule has 2 N–H and O–H groups in total. The third kappa shape index (κ3) is 6.50. The average Bonchev–Trinajstić information content (AvgIpc) is 2.47. The van der Waals surface area contributed by atoms with Crippen LogP contribution in [0.3, 0.4) is 0 Å². The predicted molar refractivity (Wildman–Crippen MR) is 84.7 cm³/mol. The zero-order valence-corrected chi connectivity index (χ0v) is 12.7. The lowest BCUT2D eigenvalue weighted by Gasteiger charge is -2.06. The molecular formula is C16H18BrNO2. The molecule has 0 aliphatic carbocycles. The Kier molecular flexibility index (Phi) is 8.35. The second-order valence-corrected chi connectivity index (χ2v) is 4.96. The number of carboxylic acid groups (broad SMARTS) is 1. The Balaban J connectivity index is 0.000000612. The fourth-order valence-corrected chi connectivity index (χ4v) is 2.24. The third-order valence-electron chi connectivity index (χ3n) is 2.70. The zero-order valence-electron chi connectivity index (χ0n) is 11.1. The van der Waals surface area contributed by atoms with E-state index in [1.807, 2.05) is 12.1 Å². The molecule has 0 unspecified atom stereocenters. The van der Waals surface area contributed by atoms with Crippen molar-refractivity contribution < 1.29 is 9.90 Å². The van der Waals surface area contributed by atoms with Gasteiger partial charge in [0.1, 0.15) is 0 Å². The summed E-state index contributed by atoms with van der Waals surface area (Å²) in [4.78, 5) is 8.36. The molecular weight excluding hydrogens is 318 g/mol. The van der Waals surface area contributed by atoms with E-state index in [9.17, 15) is 0 Å². The molecule has 0 amide bonds. The fraction of sp³-hybridized carbons (Fsp3) is 0.188. The number of halogens is 1. The smallest absolute Gasteiger partial charge is 0.290 e. The van der Waals surface area contributed by atoms with Gasteiger partial charge in [-0.3, -0.25) is 4.79 Å². The lowest BCUT2D eigenvalue weighted by atomic mass is 10.1. The van der Waals surface area contributed by atoms with Crippen LogP contribution in [0.25, 0.3) is 0 Å². The van der Waals surface area contributed by atoms with Crippen LogP contribution in [-0.2, 0) is 17.8 Å². The van der Waals surface area contributed by atoms with Crippen LogP contribution in [-0.4, -0.2) is 18.1 Å². The van der Waals surface area contributed by atoms with E-state index in [4.69, 9.17) is 9.90 Å². The van der Waals surface area contributed by atoms with Crippen molar-refractivity contribution in [3.05, 3.63) is 70.2 Å². The lowest BCUT2D eigenvalue weighted by Crippen LogP contribution is -2.16. The molecule has 3 nitrogen and oxygen atoms in total. The van der Waals surface area contributed by atoms with Crippen LogP contribution in [0.2, 0.25) is 0 Å². The van der Waals surface area contributed by atoms with Gasteiger partial charge in [-0.15, -0.1) is 0 Å². The normalized spacial score (nSPS) is 9.45. The highest BCUT2D eigenvalue weighted by molar-refractivity contribution is 9.10. The summed E-state index contributed by atoms with van der Waals surface area (Å²) in [5.74, 6) is 0. The molecule has 4 heteroatoms. The monoisotopic (exact) mass is 335 g/mol. The Morgan fingerprint density at radius 1 is 1.05 bits per heavy atom. The summed E-state index contributed by atoms with van der Waals surface area (Å²) in [5, 5.41) is 10.3. The van der Waals surface area contributed by atoms with Crippen molar-refractivity contribution in [2.75, 3.05) is 6.54 Å². The van der Waals surface area contributed by atoms with Crippen molar-refractivity contribution >= 4 is 22.4 Å². The highest BCUT2D eigenvalue weighted by Gasteiger charge is 1.97. The molecule has 20 heavy (non-hydrogen) atoms. The summed E-state index contributed by atoms with van der Waals surface area (Å²) < 4.78 is 1.20. The highest BCUT2D eigenvalue weighted by atomic mass is 79.9. The topological polar surface area (TPSA) is 49.3 Å². The summed E-state index contributed by atoms with van der Waals surface area (Å²) >= 11 is 3.57. The zero-order chi connectivity index (χ0) is 14.6. The standard InChI is InChI=1S/C15H16BrN.CH2O2/c16-15-9-5-4-8-14(15)10-11-17-12-13-6-2-1-3-7-13;2-1-3/h1-9,17H,10-12H2;1H,(H,2,3). The first kappa shape index (κ1) is 16.4. The summed E-state index contributed by atoms with van der Waals surface area (Å²) in [6.07, 6.45) is 1.05. The maximum absolute atomic E-state index is 8.36. The quantitative estimate of drug-likeness (QED) is 0.649. The van der Waals surface area contributed by atoms with Crippen LogP contribution < -0.4 is 5.32 Å². The SMILES string of the molecule is Brc1ccccc1CCNCc1ccccc1.O=CO. The molecule has 2 aromatic rings. The van der Waals surface area contributed by atoms with Gasteiger partial charge in [0.25, 0.3) is 6.47 Å². The van der Waals surface area contributed by atoms with Crippen LogP contribution in [0.15, 0.2) is 59.1 Å². The van der Waals surface area contributed by atoms with Crippen molar-refractivity contribution in [2.24, 2.45) is 0 Å². The van der Waals surface area contributed by atoms with Crippen LogP contribution in [0.4, 0.5) is 0 Å². The Morgan fingerprint density at radius 3 is 2.30 bits per heavy atom. The minimum absolute atomic E-state index is 0.250. The summed E-state index contributed by atoms with van der Waals surface area (Å²) in [7, 11) is 0. The van der Waals surface area contributed by atoms with E-state index in [0.717, 1.165) is 19.5 Å². The number of nitrogens with one attached hydrogen (secondary N) is 1. The van der Waals surface area contributed by atoms with Crippen LogP contribution in [0.1, 0.15) is 11.1 Å².